The number of allylic oxidation sites excluding steroid dienone is 1. The van der Waals surface area contributed by atoms with E-state index in [-0.39, 0.29) is 31.2 Å². The molecule has 4 heterocycles. The molecule has 1 aromatic heterocycles. The fraction of sp³-hybridized carbons (Fsp3) is 0.659. The van der Waals surface area contributed by atoms with E-state index in [0.29, 0.717) is 49.5 Å². The second-order valence-corrected chi connectivity index (χ2v) is 19.0. The topological polar surface area (TPSA) is 147 Å². The summed E-state index contributed by atoms with van der Waals surface area (Å²) in [5.41, 5.74) is 1.04. The van der Waals surface area contributed by atoms with Crippen molar-refractivity contribution in [3.8, 4) is 5.75 Å². The van der Waals surface area contributed by atoms with E-state index in [1.54, 1.807) is 24.0 Å². The van der Waals surface area contributed by atoms with E-state index in [2.05, 4.69) is 28.5 Å². The Balaban J connectivity index is 1.20. The van der Waals surface area contributed by atoms with E-state index >= 15 is 0 Å². The van der Waals surface area contributed by atoms with Crippen LogP contribution in [-0.4, -0.2) is 77.1 Å². The molecule has 3 aliphatic carbocycles. The van der Waals surface area contributed by atoms with E-state index in [1.807, 2.05) is 19.1 Å². The number of aromatic nitrogens is 1. The number of hydrogen-bond donors (Lipinski definition) is 3. The summed E-state index contributed by atoms with van der Waals surface area (Å²) >= 11 is 0. The van der Waals surface area contributed by atoms with Crippen LogP contribution in [0.3, 0.4) is 0 Å². The number of carbonyl (C=O) groups is 3. The zero-order chi connectivity index (χ0) is 37.6. The number of fused-ring (bicyclic) bond motifs is 3. The second kappa shape index (κ2) is 14.6. The summed E-state index contributed by atoms with van der Waals surface area (Å²) in [6.07, 6.45) is 20.4. The average Bonchev–Trinajstić information content (AvgIpc) is 3.92. The van der Waals surface area contributed by atoms with Gasteiger partial charge in [-0.05, 0) is 90.2 Å². The Kier molecular flexibility index (Phi) is 10.4. The van der Waals surface area contributed by atoms with Crippen LogP contribution in [0.2, 0.25) is 0 Å². The molecule has 288 valence electrons. The van der Waals surface area contributed by atoms with Crippen LogP contribution in [0.1, 0.15) is 126 Å². The number of rotatable bonds is 9. The number of aryl methyl sites for hydroxylation is 1. The first-order valence-corrected chi connectivity index (χ1v) is 21.4. The lowest BCUT2D eigenvalue weighted by Crippen LogP contribution is -2.58. The molecule has 12 heteroatoms. The standard InChI is InChI=1S/C41H57N5O6S/c1-5-30-31-18-20-40(52-35(31)27(3)43-32(30)6-2)25-34-36(47)44-41(38(49)45-53(50,51)39(4)21-22-39)24-29(41)16-10-8-7-9-11-17-33(37(48)46(34)26-40)42-23-19-28-14-12-13-15-28/h5-6,10,16,28-29,33-34,42H,1-2,7-9,11-15,17-26H2,3-4H3,(H,44,47)(H,45,49)/b16-10-/t29-,33+,34+,40-,41-/m1/s1. The van der Waals surface area contributed by atoms with Crippen molar-refractivity contribution < 1.29 is 27.5 Å². The number of amides is 3. The molecule has 11 nitrogen and oxygen atoms in total. The van der Waals surface area contributed by atoms with Crippen LogP contribution in [0.5, 0.6) is 5.75 Å². The van der Waals surface area contributed by atoms with E-state index in [9.17, 15) is 22.8 Å². The lowest BCUT2D eigenvalue weighted by Gasteiger charge is -2.37. The molecule has 5 atom stereocenters. The zero-order valence-corrected chi connectivity index (χ0v) is 32.3. The lowest BCUT2D eigenvalue weighted by molar-refractivity contribution is -0.141. The van der Waals surface area contributed by atoms with Gasteiger partial charge < -0.3 is 20.3 Å². The number of nitrogens with zero attached hydrogens (tertiary/aromatic N) is 2. The SMILES string of the molecule is C=Cc1nc(C)c2c(c1C=C)CC[C@]1(C[C@H]3C(=O)N[C@]4(C(=O)NS(=O)(=O)C5(C)CC5)C[C@H]4/C=C\CCCCC[C@H](NCCC4CCCC4)C(=O)N3C1)O2. The molecule has 6 aliphatic rings. The summed E-state index contributed by atoms with van der Waals surface area (Å²) in [7, 11) is -3.93. The highest BCUT2D eigenvalue weighted by atomic mass is 32.2. The van der Waals surface area contributed by atoms with Crippen molar-refractivity contribution in [2.75, 3.05) is 13.1 Å². The number of pyridine rings is 1. The van der Waals surface area contributed by atoms with Gasteiger partial charge in [0.15, 0.2) is 0 Å². The van der Waals surface area contributed by atoms with Crippen LogP contribution in [0.4, 0.5) is 0 Å². The Bertz CT molecular complexity index is 1800. The Morgan fingerprint density at radius 1 is 1.08 bits per heavy atom. The molecule has 3 aliphatic heterocycles. The van der Waals surface area contributed by atoms with Gasteiger partial charge in [0.25, 0.3) is 5.91 Å². The van der Waals surface area contributed by atoms with Gasteiger partial charge in [-0.2, -0.15) is 0 Å². The van der Waals surface area contributed by atoms with Crippen LogP contribution in [0.15, 0.2) is 25.3 Å². The predicted octanol–water partition coefficient (Wildman–Crippen LogP) is 5.27. The summed E-state index contributed by atoms with van der Waals surface area (Å²) in [4.78, 5) is 49.8. The molecular formula is C41H57N5O6S. The maximum absolute atomic E-state index is 14.8. The molecule has 3 N–H and O–H groups in total. The van der Waals surface area contributed by atoms with Crippen molar-refractivity contribution in [3.63, 3.8) is 0 Å². The van der Waals surface area contributed by atoms with Crippen molar-refractivity contribution in [2.45, 2.75) is 145 Å². The number of carbonyl (C=O) groups excluding carboxylic acids is 3. The van der Waals surface area contributed by atoms with Crippen LogP contribution in [-0.2, 0) is 30.8 Å². The minimum atomic E-state index is -3.93. The summed E-state index contributed by atoms with van der Waals surface area (Å²) in [5, 5.41) is 6.64. The smallest absolute Gasteiger partial charge is 0.259 e. The number of ether oxygens (including phenoxy) is 1. The molecule has 0 aromatic carbocycles. The molecule has 7 rings (SSSR count). The second-order valence-electron chi connectivity index (χ2n) is 16.9. The molecule has 1 saturated heterocycles. The van der Waals surface area contributed by atoms with Crippen LogP contribution in [0, 0.1) is 18.8 Å². The summed E-state index contributed by atoms with van der Waals surface area (Å²) < 4.78 is 34.6. The summed E-state index contributed by atoms with van der Waals surface area (Å²) in [6, 6.07) is -1.37. The van der Waals surface area contributed by atoms with Crippen LogP contribution < -0.4 is 20.1 Å². The van der Waals surface area contributed by atoms with E-state index in [4.69, 9.17) is 9.72 Å². The average molecular weight is 748 g/mol. The Morgan fingerprint density at radius 3 is 2.55 bits per heavy atom. The maximum atomic E-state index is 14.8. The van der Waals surface area contributed by atoms with Crippen LogP contribution in [0.25, 0.3) is 12.2 Å². The molecule has 3 amide bonds. The zero-order valence-electron chi connectivity index (χ0n) is 31.5. The Labute approximate surface area is 314 Å². The molecule has 0 bridgehead atoms. The number of sulfonamides is 1. The third-order valence-electron chi connectivity index (χ3n) is 13.1. The predicted molar refractivity (Wildman–Crippen MR) is 205 cm³/mol. The summed E-state index contributed by atoms with van der Waals surface area (Å²) in [6.45, 7) is 12.4. The van der Waals surface area contributed by atoms with E-state index in [0.717, 1.165) is 55.5 Å². The minimum absolute atomic E-state index is 0.130. The lowest BCUT2D eigenvalue weighted by atomic mass is 9.86. The van der Waals surface area contributed by atoms with Gasteiger partial charge in [-0.1, -0.05) is 69.9 Å². The third-order valence-corrected chi connectivity index (χ3v) is 15.2. The fourth-order valence-corrected chi connectivity index (χ4v) is 10.5. The number of nitrogens with one attached hydrogen (secondary N) is 3. The van der Waals surface area contributed by atoms with Crippen molar-refractivity contribution in [2.24, 2.45) is 11.8 Å². The molecular weight excluding hydrogens is 691 g/mol. The third kappa shape index (κ3) is 7.34. The highest BCUT2D eigenvalue weighted by Crippen LogP contribution is 2.49. The molecule has 53 heavy (non-hydrogen) atoms. The van der Waals surface area contributed by atoms with Gasteiger partial charge in [-0.25, -0.2) is 13.4 Å². The molecule has 4 fully saturated rings. The van der Waals surface area contributed by atoms with Crippen molar-refractivity contribution >= 4 is 39.9 Å². The molecule has 0 radical (unpaired) electrons. The van der Waals surface area contributed by atoms with Gasteiger partial charge in [0.1, 0.15) is 22.9 Å². The van der Waals surface area contributed by atoms with Gasteiger partial charge in [0, 0.05) is 23.5 Å². The summed E-state index contributed by atoms with van der Waals surface area (Å²) in [5.74, 6) is -0.334. The first kappa shape index (κ1) is 37.8. The quantitative estimate of drug-likeness (QED) is 0.290. The highest BCUT2D eigenvalue weighted by Gasteiger charge is 2.64. The van der Waals surface area contributed by atoms with Gasteiger partial charge >= 0.3 is 0 Å². The molecule has 3 saturated carbocycles. The molecule has 0 unspecified atom stereocenters. The van der Waals surface area contributed by atoms with Crippen molar-refractivity contribution in [1.82, 2.24) is 25.2 Å². The van der Waals surface area contributed by atoms with Gasteiger partial charge in [-0.3, -0.25) is 19.1 Å². The van der Waals surface area contributed by atoms with Gasteiger partial charge in [0.05, 0.1) is 28.7 Å². The van der Waals surface area contributed by atoms with Crippen molar-refractivity contribution in [3.05, 3.63) is 47.8 Å². The van der Waals surface area contributed by atoms with Gasteiger partial charge in [-0.15, -0.1) is 0 Å². The van der Waals surface area contributed by atoms with Crippen molar-refractivity contribution in [1.29, 1.82) is 0 Å². The highest BCUT2D eigenvalue weighted by molar-refractivity contribution is 7.91. The molecule has 1 spiro atoms. The van der Waals surface area contributed by atoms with Gasteiger partial charge in [0.2, 0.25) is 21.8 Å². The number of hydrogen-bond acceptors (Lipinski definition) is 8. The first-order chi connectivity index (χ1) is 25.3. The minimum Gasteiger partial charge on any atom is -0.483 e. The normalized spacial score (nSPS) is 31.9. The van der Waals surface area contributed by atoms with E-state index < -0.39 is 49.8 Å². The largest absolute Gasteiger partial charge is 0.483 e. The Hall–Kier alpha value is -3.51. The fourth-order valence-electron chi connectivity index (χ4n) is 9.23. The monoisotopic (exact) mass is 747 g/mol. The molecule has 1 aromatic rings. The Morgan fingerprint density at radius 2 is 1.83 bits per heavy atom. The van der Waals surface area contributed by atoms with Crippen LogP contribution >= 0.6 is 0 Å². The maximum Gasteiger partial charge on any atom is 0.259 e. The first-order valence-electron chi connectivity index (χ1n) is 19.9. The van der Waals surface area contributed by atoms with E-state index in [1.165, 1.54) is 25.7 Å².